The fourth-order valence-corrected chi connectivity index (χ4v) is 1.34. The van der Waals surface area contributed by atoms with Gasteiger partial charge in [-0.05, 0) is 25.1 Å². The Morgan fingerprint density at radius 3 is 2.00 bits per heavy atom. The molecule has 132 valence electrons. The fourth-order valence-electron chi connectivity index (χ4n) is 1.34. The number of hydrogen-bond acceptors (Lipinski definition) is 4. The van der Waals surface area contributed by atoms with Gasteiger partial charge in [0.2, 0.25) is 0 Å². The second kappa shape index (κ2) is 14.3. The van der Waals surface area contributed by atoms with E-state index in [1.165, 1.54) is 38.4 Å². The van der Waals surface area contributed by atoms with Crippen molar-refractivity contribution in [1.82, 2.24) is 9.97 Å². The predicted octanol–water partition coefficient (Wildman–Crippen LogP) is -0.686. The third-order valence-corrected chi connectivity index (χ3v) is 2.58. The van der Waals surface area contributed by atoms with Gasteiger partial charge in [-0.1, -0.05) is 5.92 Å². The van der Waals surface area contributed by atoms with Gasteiger partial charge in [-0.15, -0.1) is 6.42 Å². The summed E-state index contributed by atoms with van der Waals surface area (Å²) in [6.07, 6.45) is 16.6. The molecule has 2 aromatic rings. The van der Waals surface area contributed by atoms with E-state index in [1.54, 1.807) is 0 Å². The summed E-state index contributed by atoms with van der Waals surface area (Å²) in [5.74, 6) is 0.996. The Kier molecular flexibility index (Phi) is 16.0. The van der Waals surface area contributed by atoms with Gasteiger partial charge in [0.15, 0.2) is 11.4 Å². The Hall–Kier alpha value is -1.84. The molecule has 0 radical (unpaired) electrons. The molecule has 0 aliphatic carbocycles. The van der Waals surface area contributed by atoms with Crippen LogP contribution in [0.3, 0.4) is 0 Å². The maximum atomic E-state index is 12.6. The van der Waals surface area contributed by atoms with Gasteiger partial charge in [0.25, 0.3) is 0 Å². The fraction of sp³-hybridized carbons (Fsp3) is 0.167. The number of ketones is 1. The molecule has 0 aliphatic rings. The number of terminal acetylenes is 2. The molecule has 1 atom stereocenters. The first kappa shape index (κ1) is 28.9. The van der Waals surface area contributed by atoms with Crippen LogP contribution in [0.25, 0.3) is 0 Å². The quantitative estimate of drug-likeness (QED) is 0.295. The van der Waals surface area contributed by atoms with Gasteiger partial charge in [-0.3, -0.25) is 14.8 Å². The van der Waals surface area contributed by atoms with E-state index in [2.05, 4.69) is 22.3 Å². The summed E-state index contributed by atoms with van der Waals surface area (Å²) < 4.78 is 24.9. The van der Waals surface area contributed by atoms with Crippen molar-refractivity contribution < 1.29 is 35.7 Å². The minimum Gasteiger partial charge on any atom is -1.00 e. The Balaban J connectivity index is -0.000000350. The van der Waals surface area contributed by atoms with Gasteiger partial charge < -0.3 is 34.9 Å². The van der Waals surface area contributed by atoms with E-state index >= 15 is 0 Å². The standard InChI is InChI=1S/C9H8FNO.C7H6FNO.C2H.BrH.Mg/c1-3-9(2,12)8-6-7(10)4-5-11-8;1-5(10)7-4-6(8)2-3-9-7;1-2;;/h1,4-6,12H,2H3;2-4H,1H3;1H;1H;/q;;-1;;+2/p-1. The Morgan fingerprint density at radius 1 is 1.19 bits per heavy atom. The van der Waals surface area contributed by atoms with E-state index in [0.717, 1.165) is 12.1 Å². The average Bonchev–Trinajstić information content (AvgIpc) is 2.57. The van der Waals surface area contributed by atoms with Crippen LogP contribution in [0.2, 0.25) is 0 Å². The van der Waals surface area contributed by atoms with E-state index < -0.39 is 17.2 Å². The summed E-state index contributed by atoms with van der Waals surface area (Å²) in [7, 11) is 0. The van der Waals surface area contributed by atoms with Crippen LogP contribution in [0, 0.1) is 36.8 Å². The van der Waals surface area contributed by atoms with E-state index in [1.807, 2.05) is 0 Å². The number of hydrogen-bond donors (Lipinski definition) is 1. The van der Waals surface area contributed by atoms with E-state index in [-0.39, 0.29) is 57.2 Å². The number of halogens is 3. The van der Waals surface area contributed by atoms with Gasteiger partial charge >= 0.3 is 23.1 Å². The Labute approximate surface area is 178 Å². The molecule has 0 amide bonds. The Bertz CT molecular complexity index is 762. The smallest absolute Gasteiger partial charge is 1.00 e. The second-order valence-corrected chi connectivity index (χ2v) is 4.49. The molecule has 8 heteroatoms. The van der Waals surface area contributed by atoms with Crippen LogP contribution in [0.5, 0.6) is 0 Å². The molecule has 0 saturated heterocycles. The number of pyridine rings is 2. The molecule has 0 aromatic carbocycles. The van der Waals surface area contributed by atoms with Crippen molar-refractivity contribution in [3.63, 3.8) is 0 Å². The maximum absolute atomic E-state index is 12.6. The summed E-state index contributed by atoms with van der Waals surface area (Å²) in [6.45, 7) is 2.73. The van der Waals surface area contributed by atoms with Crippen LogP contribution < -0.4 is 17.0 Å². The molecule has 1 N–H and O–H groups in total. The zero-order valence-corrected chi connectivity index (χ0v) is 17.2. The first-order valence-corrected chi connectivity index (χ1v) is 6.50. The number of Topliss-reactive ketones (excluding diaryl/α,β-unsaturated/α-hetero) is 1. The molecule has 2 rings (SSSR count). The largest absolute Gasteiger partial charge is 2.00 e. The number of aliphatic hydroxyl groups is 1. The zero-order chi connectivity index (χ0) is 18.8. The number of carbonyl (C=O) groups is 1. The molecule has 26 heavy (non-hydrogen) atoms. The summed E-state index contributed by atoms with van der Waals surface area (Å²) >= 11 is 0. The van der Waals surface area contributed by atoms with Crippen LogP contribution in [0.1, 0.15) is 30.0 Å². The van der Waals surface area contributed by atoms with Crippen LogP contribution in [-0.2, 0) is 5.60 Å². The molecule has 0 aliphatic heterocycles. The number of nitrogens with zero attached hydrogens (tertiary/aromatic N) is 2. The molecule has 0 fully saturated rings. The molecular formula is C18H15BrF2MgN2O2. The first-order valence-electron chi connectivity index (χ1n) is 6.50. The molecule has 0 spiro atoms. The van der Waals surface area contributed by atoms with Crippen molar-refractivity contribution in [2.45, 2.75) is 19.4 Å². The number of carbonyl (C=O) groups excluding carboxylic acids is 1. The first-order chi connectivity index (χ1) is 11.3. The Morgan fingerprint density at radius 2 is 1.65 bits per heavy atom. The van der Waals surface area contributed by atoms with Crippen molar-refractivity contribution in [3.05, 3.63) is 66.1 Å². The van der Waals surface area contributed by atoms with Gasteiger partial charge in [0.05, 0.1) is 5.69 Å². The van der Waals surface area contributed by atoms with Gasteiger partial charge in [-0.2, -0.15) is 0 Å². The third kappa shape index (κ3) is 10.2. The van der Waals surface area contributed by atoms with Crippen molar-refractivity contribution in [3.8, 4) is 18.8 Å². The van der Waals surface area contributed by atoms with Gasteiger partial charge in [0.1, 0.15) is 17.3 Å². The molecule has 2 aromatic heterocycles. The average molecular weight is 434 g/mol. The molecule has 4 nitrogen and oxygen atoms in total. The SMILES string of the molecule is C#CC(C)(O)c1cc(F)ccn1.CC(=O)c1cc(F)ccn1.[Br-].[C-]#C.[Mg+2]. The summed E-state index contributed by atoms with van der Waals surface area (Å²) in [4.78, 5) is 18.0. The van der Waals surface area contributed by atoms with Crippen LogP contribution in [0.15, 0.2) is 36.7 Å². The predicted molar refractivity (Wildman–Crippen MR) is 90.7 cm³/mol. The topological polar surface area (TPSA) is 63.1 Å². The molecule has 2 heterocycles. The van der Waals surface area contributed by atoms with E-state index in [0.29, 0.717) is 0 Å². The molecule has 0 bridgehead atoms. The van der Waals surface area contributed by atoms with Crippen molar-refractivity contribution in [1.29, 1.82) is 0 Å². The monoisotopic (exact) mass is 432 g/mol. The zero-order valence-electron chi connectivity index (χ0n) is 14.2. The normalized spacial score (nSPS) is 10.5. The molecule has 1 unspecified atom stereocenters. The van der Waals surface area contributed by atoms with Crippen molar-refractivity contribution in [2.75, 3.05) is 0 Å². The van der Waals surface area contributed by atoms with Gasteiger partial charge in [0, 0.05) is 25.4 Å². The van der Waals surface area contributed by atoms with Crippen LogP contribution in [0.4, 0.5) is 8.78 Å². The number of aromatic nitrogens is 2. The maximum Gasteiger partial charge on any atom is 2.00 e. The third-order valence-electron chi connectivity index (χ3n) is 2.58. The van der Waals surface area contributed by atoms with E-state index in [9.17, 15) is 18.7 Å². The minimum absolute atomic E-state index is 0. The van der Waals surface area contributed by atoms with Gasteiger partial charge in [-0.25, -0.2) is 8.78 Å². The van der Waals surface area contributed by atoms with Crippen molar-refractivity contribution in [2.24, 2.45) is 0 Å². The summed E-state index contributed by atoms with van der Waals surface area (Å²) in [5, 5.41) is 9.45. The summed E-state index contributed by atoms with van der Waals surface area (Å²) in [6, 6.07) is 4.62. The molecule has 0 saturated carbocycles. The minimum atomic E-state index is -1.50. The van der Waals surface area contributed by atoms with Crippen LogP contribution >= 0.6 is 0 Å². The summed E-state index contributed by atoms with van der Waals surface area (Å²) in [5.41, 5.74) is -1.19. The second-order valence-electron chi connectivity index (χ2n) is 4.49. The molecular weight excluding hydrogens is 418 g/mol. The van der Waals surface area contributed by atoms with Crippen LogP contribution in [-0.4, -0.2) is 43.9 Å². The van der Waals surface area contributed by atoms with Crippen molar-refractivity contribution >= 4 is 28.8 Å². The number of rotatable bonds is 2. The van der Waals surface area contributed by atoms with E-state index in [4.69, 9.17) is 12.8 Å².